The van der Waals surface area contributed by atoms with Crippen molar-refractivity contribution in [3.63, 3.8) is 0 Å². The first-order valence-electron chi connectivity index (χ1n) is 6.24. The molecule has 1 aliphatic carbocycles. The van der Waals surface area contributed by atoms with Gasteiger partial charge in [0.25, 0.3) is 5.91 Å². The molecule has 3 N–H and O–H groups in total. The minimum absolute atomic E-state index is 0.0660. The lowest BCUT2D eigenvalue weighted by atomic mass is 10.0. The van der Waals surface area contributed by atoms with Gasteiger partial charge in [0.1, 0.15) is 0 Å². The van der Waals surface area contributed by atoms with Gasteiger partial charge >= 0.3 is 5.97 Å². The molecule has 0 atom stereocenters. The highest BCUT2D eigenvalue weighted by Crippen LogP contribution is 2.67. The smallest absolute Gasteiger partial charge is 0.354 e. The Labute approximate surface area is 111 Å². The lowest BCUT2D eigenvalue weighted by Gasteiger charge is -2.05. The van der Waals surface area contributed by atoms with E-state index in [2.05, 4.69) is 43.0 Å². The van der Waals surface area contributed by atoms with E-state index in [1.54, 1.807) is 0 Å². The Morgan fingerprint density at radius 3 is 2.42 bits per heavy atom. The summed E-state index contributed by atoms with van der Waals surface area (Å²) in [4.78, 5) is 29.0. The van der Waals surface area contributed by atoms with Gasteiger partial charge < -0.3 is 15.4 Å². The van der Waals surface area contributed by atoms with Gasteiger partial charge in [-0.25, -0.2) is 9.78 Å². The molecule has 19 heavy (non-hydrogen) atoms. The van der Waals surface area contributed by atoms with Gasteiger partial charge in [0.15, 0.2) is 11.4 Å². The van der Waals surface area contributed by atoms with Crippen molar-refractivity contribution in [3.8, 4) is 0 Å². The summed E-state index contributed by atoms with van der Waals surface area (Å²) in [5, 5.41) is 11.7. The molecule has 1 saturated carbocycles. The molecule has 0 bridgehead atoms. The zero-order valence-electron chi connectivity index (χ0n) is 11.6. The predicted molar refractivity (Wildman–Crippen MR) is 68.9 cm³/mol. The van der Waals surface area contributed by atoms with Gasteiger partial charge in [-0.2, -0.15) is 0 Å². The molecule has 6 nitrogen and oxygen atoms in total. The number of aromatic carboxylic acids is 1. The third-order valence-corrected chi connectivity index (χ3v) is 4.85. The Hall–Kier alpha value is -1.85. The van der Waals surface area contributed by atoms with Gasteiger partial charge in [-0.1, -0.05) is 27.7 Å². The number of aromatic nitrogens is 2. The van der Waals surface area contributed by atoms with Gasteiger partial charge in [-0.3, -0.25) is 4.79 Å². The highest BCUT2D eigenvalue weighted by Gasteiger charge is 2.64. The molecule has 1 aliphatic rings. The number of hydrogen-bond acceptors (Lipinski definition) is 3. The third kappa shape index (κ3) is 2.01. The van der Waals surface area contributed by atoms with Crippen molar-refractivity contribution in [1.29, 1.82) is 0 Å². The van der Waals surface area contributed by atoms with Crippen LogP contribution in [0.3, 0.4) is 0 Å². The van der Waals surface area contributed by atoms with E-state index in [0.29, 0.717) is 12.5 Å². The van der Waals surface area contributed by atoms with Gasteiger partial charge in [-0.15, -0.1) is 0 Å². The maximum Gasteiger partial charge on any atom is 0.354 e. The molecule has 0 aliphatic heterocycles. The summed E-state index contributed by atoms with van der Waals surface area (Å²) in [6.45, 7) is 9.20. The maximum atomic E-state index is 11.9. The molecule has 1 aromatic rings. The zero-order valence-corrected chi connectivity index (χ0v) is 11.6. The molecule has 6 heteroatoms. The topological polar surface area (TPSA) is 95.1 Å². The Morgan fingerprint density at radius 1 is 1.37 bits per heavy atom. The molecule has 1 amide bonds. The lowest BCUT2D eigenvalue weighted by Crippen LogP contribution is -2.28. The van der Waals surface area contributed by atoms with Crippen molar-refractivity contribution < 1.29 is 14.7 Å². The van der Waals surface area contributed by atoms with E-state index in [4.69, 9.17) is 5.11 Å². The van der Waals surface area contributed by atoms with Crippen LogP contribution in [-0.2, 0) is 0 Å². The van der Waals surface area contributed by atoms with Crippen LogP contribution in [0, 0.1) is 16.7 Å². The first-order valence-corrected chi connectivity index (χ1v) is 6.24. The minimum Gasteiger partial charge on any atom is -0.477 e. The van der Waals surface area contributed by atoms with Crippen LogP contribution in [0.4, 0.5) is 0 Å². The molecular formula is C13H19N3O3. The lowest BCUT2D eigenvalue weighted by molar-refractivity contribution is 0.0685. The van der Waals surface area contributed by atoms with E-state index in [-0.39, 0.29) is 22.2 Å². The van der Waals surface area contributed by atoms with Crippen molar-refractivity contribution >= 4 is 11.9 Å². The second-order valence-corrected chi connectivity index (χ2v) is 6.14. The molecule has 0 saturated heterocycles. The van der Waals surface area contributed by atoms with Gasteiger partial charge in [0.05, 0.1) is 6.33 Å². The minimum atomic E-state index is -1.19. The summed E-state index contributed by atoms with van der Waals surface area (Å²) >= 11 is 0. The van der Waals surface area contributed by atoms with E-state index >= 15 is 0 Å². The van der Waals surface area contributed by atoms with Crippen molar-refractivity contribution in [2.45, 2.75) is 27.7 Å². The van der Waals surface area contributed by atoms with E-state index in [0.717, 1.165) is 0 Å². The number of carbonyl (C=O) groups excluding carboxylic acids is 1. The Morgan fingerprint density at radius 2 is 1.95 bits per heavy atom. The van der Waals surface area contributed by atoms with Crippen molar-refractivity contribution in [3.05, 3.63) is 17.7 Å². The van der Waals surface area contributed by atoms with Crippen LogP contribution in [0.15, 0.2) is 6.33 Å². The van der Waals surface area contributed by atoms with Gasteiger partial charge in [0, 0.05) is 6.54 Å². The van der Waals surface area contributed by atoms with Crippen LogP contribution in [0.1, 0.15) is 48.7 Å². The predicted octanol–water partition coefficient (Wildman–Crippen LogP) is 1.52. The number of nitrogens with zero attached hydrogens (tertiary/aromatic N) is 1. The standard InChI is InChI=1S/C13H19N3O3/c1-12(2)7(13(12,3)4)5-14-10(17)8-9(11(18)19)16-6-15-8/h6-7H,5H2,1-4H3,(H,14,17)(H,15,16)(H,18,19). The molecule has 1 fully saturated rings. The van der Waals surface area contributed by atoms with Crippen LogP contribution in [0.5, 0.6) is 0 Å². The van der Waals surface area contributed by atoms with Crippen LogP contribution < -0.4 is 5.32 Å². The largest absolute Gasteiger partial charge is 0.477 e. The van der Waals surface area contributed by atoms with Gasteiger partial charge in [-0.05, 0) is 16.7 Å². The number of amides is 1. The fraction of sp³-hybridized carbons (Fsp3) is 0.615. The van der Waals surface area contributed by atoms with E-state index in [9.17, 15) is 9.59 Å². The highest BCUT2D eigenvalue weighted by atomic mass is 16.4. The van der Waals surface area contributed by atoms with Crippen LogP contribution in [0.2, 0.25) is 0 Å². The van der Waals surface area contributed by atoms with Crippen LogP contribution >= 0.6 is 0 Å². The molecule has 0 radical (unpaired) electrons. The fourth-order valence-corrected chi connectivity index (χ4v) is 2.75. The molecule has 0 aromatic carbocycles. The Bertz CT molecular complexity index is 517. The number of aromatic amines is 1. The van der Waals surface area contributed by atoms with Crippen LogP contribution in [-0.4, -0.2) is 33.5 Å². The molecule has 2 rings (SSSR count). The summed E-state index contributed by atoms with van der Waals surface area (Å²) in [7, 11) is 0. The van der Waals surface area contributed by atoms with Crippen molar-refractivity contribution in [1.82, 2.24) is 15.3 Å². The molecule has 1 heterocycles. The third-order valence-electron chi connectivity index (χ3n) is 4.85. The van der Waals surface area contributed by atoms with E-state index < -0.39 is 11.9 Å². The van der Waals surface area contributed by atoms with E-state index in [1.165, 1.54) is 6.33 Å². The monoisotopic (exact) mass is 265 g/mol. The van der Waals surface area contributed by atoms with E-state index in [1.807, 2.05) is 0 Å². The molecule has 0 unspecified atom stereocenters. The summed E-state index contributed by atoms with van der Waals surface area (Å²) in [5.74, 6) is -1.25. The average molecular weight is 265 g/mol. The summed E-state index contributed by atoms with van der Waals surface area (Å²) in [6.07, 6.45) is 1.21. The number of nitrogens with one attached hydrogen (secondary N) is 2. The number of rotatable bonds is 4. The fourth-order valence-electron chi connectivity index (χ4n) is 2.75. The number of hydrogen-bond donors (Lipinski definition) is 3. The molecule has 1 aromatic heterocycles. The number of carbonyl (C=O) groups is 2. The second-order valence-electron chi connectivity index (χ2n) is 6.14. The Kier molecular flexibility index (Phi) is 2.91. The van der Waals surface area contributed by atoms with Gasteiger partial charge in [0.2, 0.25) is 0 Å². The second kappa shape index (κ2) is 4.08. The SMILES string of the molecule is CC1(C)C(CNC(=O)c2nc[nH]c2C(=O)O)C1(C)C. The maximum absolute atomic E-state index is 11.9. The van der Waals surface area contributed by atoms with Crippen molar-refractivity contribution in [2.75, 3.05) is 6.54 Å². The summed E-state index contributed by atoms with van der Waals surface area (Å²) < 4.78 is 0. The summed E-state index contributed by atoms with van der Waals surface area (Å²) in [6, 6.07) is 0. The average Bonchev–Trinajstić information content (AvgIpc) is 2.72. The number of carboxylic acids is 1. The first kappa shape index (κ1) is 13.6. The normalized spacial score (nSPS) is 20.0. The number of imidazole rings is 1. The molecule has 104 valence electrons. The Balaban J connectivity index is 2.00. The zero-order chi connectivity index (χ0) is 14.4. The van der Waals surface area contributed by atoms with Crippen molar-refractivity contribution in [2.24, 2.45) is 16.7 Å². The molecule has 0 spiro atoms. The van der Waals surface area contributed by atoms with Crippen LogP contribution in [0.25, 0.3) is 0 Å². The number of H-pyrrole nitrogens is 1. The summed E-state index contributed by atoms with van der Waals surface area (Å²) in [5.41, 5.74) is 0.124. The first-order chi connectivity index (χ1) is 8.69. The quantitative estimate of drug-likeness (QED) is 0.769. The molecular weight excluding hydrogens is 246 g/mol. The highest BCUT2D eigenvalue weighted by molar-refractivity contribution is 6.02. The number of carboxylic acid groups (broad SMARTS) is 1.